The summed E-state index contributed by atoms with van der Waals surface area (Å²) >= 11 is 0. The largest absolute Gasteiger partial charge is 0.435 e. The van der Waals surface area contributed by atoms with Crippen molar-refractivity contribution in [3.05, 3.63) is 29.8 Å². The van der Waals surface area contributed by atoms with E-state index in [1.807, 2.05) is 0 Å². The lowest BCUT2D eigenvalue weighted by atomic mass is 10.2. The quantitative estimate of drug-likeness (QED) is 0.640. The van der Waals surface area contributed by atoms with Gasteiger partial charge in [-0.05, 0) is 30.7 Å². The average molecular weight is 157 g/mol. The molecule has 1 rings (SSSR count). The summed E-state index contributed by atoms with van der Waals surface area (Å²) in [7, 11) is 0. The molecule has 1 radical (unpaired) electrons. The van der Waals surface area contributed by atoms with Crippen molar-refractivity contribution in [3.8, 4) is 5.75 Å². The molecular formula is C8H7F2O. The van der Waals surface area contributed by atoms with E-state index in [1.54, 1.807) is 13.0 Å². The second-order valence-electron chi connectivity index (χ2n) is 2.09. The zero-order chi connectivity index (χ0) is 8.27. The molecule has 0 atom stereocenters. The molecule has 0 aliphatic heterocycles. The van der Waals surface area contributed by atoms with E-state index in [9.17, 15) is 8.78 Å². The highest BCUT2D eigenvalue weighted by Gasteiger charge is 2.02. The van der Waals surface area contributed by atoms with E-state index >= 15 is 0 Å². The Labute approximate surface area is 63.6 Å². The van der Waals surface area contributed by atoms with Gasteiger partial charge in [0.25, 0.3) is 0 Å². The number of benzene rings is 1. The fourth-order valence-corrected chi connectivity index (χ4v) is 0.735. The number of alkyl halides is 2. The molecule has 0 saturated carbocycles. The molecule has 0 amide bonds. The molecule has 0 spiro atoms. The van der Waals surface area contributed by atoms with Crippen LogP contribution in [0.3, 0.4) is 0 Å². The van der Waals surface area contributed by atoms with Gasteiger partial charge in [0.15, 0.2) is 0 Å². The summed E-state index contributed by atoms with van der Waals surface area (Å²) in [6, 6.07) is 7.32. The zero-order valence-electron chi connectivity index (χ0n) is 5.97. The molecule has 3 heteroatoms. The van der Waals surface area contributed by atoms with Gasteiger partial charge in [0.1, 0.15) is 5.75 Å². The fourth-order valence-electron chi connectivity index (χ4n) is 0.735. The van der Waals surface area contributed by atoms with Gasteiger partial charge in [-0.2, -0.15) is 8.78 Å². The Morgan fingerprint density at radius 3 is 2.82 bits per heavy atom. The topological polar surface area (TPSA) is 9.23 Å². The molecule has 0 saturated heterocycles. The maximum Gasteiger partial charge on any atom is 0.387 e. The molecule has 0 N–H and O–H groups in total. The highest BCUT2D eigenvalue weighted by atomic mass is 19.3. The van der Waals surface area contributed by atoms with Gasteiger partial charge in [0, 0.05) is 0 Å². The van der Waals surface area contributed by atoms with Crippen molar-refractivity contribution in [2.75, 3.05) is 0 Å². The number of hydrogen-bond acceptors (Lipinski definition) is 1. The monoisotopic (exact) mass is 157 g/mol. The molecule has 11 heavy (non-hydrogen) atoms. The third-order valence-electron chi connectivity index (χ3n) is 1.14. The maximum absolute atomic E-state index is 11.6. The first-order valence-electron chi connectivity index (χ1n) is 3.11. The lowest BCUT2D eigenvalue weighted by Gasteiger charge is -2.03. The molecule has 59 valence electrons. The standard InChI is InChI=1S/C8H7F2O/c1-6-3-2-4-7(5-6)11-8(9)10/h2,4-5,8H,1H3. The summed E-state index contributed by atoms with van der Waals surface area (Å²) in [5, 5.41) is 0. The number of halogens is 2. The van der Waals surface area contributed by atoms with Crippen molar-refractivity contribution in [2.45, 2.75) is 13.5 Å². The number of hydrogen-bond donors (Lipinski definition) is 0. The van der Waals surface area contributed by atoms with Crippen LogP contribution in [0, 0.1) is 13.0 Å². The van der Waals surface area contributed by atoms with E-state index < -0.39 is 6.61 Å². The van der Waals surface area contributed by atoms with Crippen LogP contribution in [0.2, 0.25) is 0 Å². The first-order chi connectivity index (χ1) is 5.18. The fraction of sp³-hybridized carbons (Fsp3) is 0.250. The SMILES string of the molecule is Cc1[c]ccc(OC(F)F)c1. The Kier molecular flexibility index (Phi) is 2.41. The molecule has 1 aromatic rings. The smallest absolute Gasteiger partial charge is 0.387 e. The van der Waals surface area contributed by atoms with Crippen molar-refractivity contribution in [2.24, 2.45) is 0 Å². The van der Waals surface area contributed by atoms with Crippen LogP contribution in [0.1, 0.15) is 5.56 Å². The van der Waals surface area contributed by atoms with Crippen molar-refractivity contribution in [3.63, 3.8) is 0 Å². The van der Waals surface area contributed by atoms with Gasteiger partial charge in [-0.1, -0.05) is 6.07 Å². The maximum atomic E-state index is 11.6. The van der Waals surface area contributed by atoms with E-state index in [0.29, 0.717) is 0 Å². The zero-order valence-corrected chi connectivity index (χ0v) is 5.97. The number of aryl methyl sites for hydroxylation is 1. The van der Waals surface area contributed by atoms with E-state index in [-0.39, 0.29) is 5.75 Å². The lowest BCUT2D eigenvalue weighted by Crippen LogP contribution is -2.01. The third-order valence-corrected chi connectivity index (χ3v) is 1.14. The minimum Gasteiger partial charge on any atom is -0.435 e. The Balaban J connectivity index is 2.71. The van der Waals surface area contributed by atoms with Crippen LogP contribution in [0.5, 0.6) is 5.75 Å². The summed E-state index contributed by atoms with van der Waals surface area (Å²) in [6.45, 7) is -0.991. The minimum atomic E-state index is -2.75. The van der Waals surface area contributed by atoms with Crippen LogP contribution in [-0.2, 0) is 0 Å². The summed E-state index contributed by atoms with van der Waals surface area (Å²) in [5.41, 5.74) is 0.781. The van der Waals surface area contributed by atoms with Gasteiger partial charge in [0.05, 0.1) is 0 Å². The van der Waals surface area contributed by atoms with Gasteiger partial charge in [0.2, 0.25) is 0 Å². The molecular weight excluding hydrogens is 150 g/mol. The van der Waals surface area contributed by atoms with Crippen LogP contribution in [0.25, 0.3) is 0 Å². The van der Waals surface area contributed by atoms with Crippen LogP contribution in [-0.4, -0.2) is 6.61 Å². The van der Waals surface area contributed by atoms with Gasteiger partial charge >= 0.3 is 6.61 Å². The summed E-state index contributed by atoms with van der Waals surface area (Å²) < 4.78 is 27.4. The van der Waals surface area contributed by atoms with Crippen molar-refractivity contribution in [1.82, 2.24) is 0 Å². The Hall–Kier alpha value is -1.12. The predicted molar refractivity (Wildman–Crippen MR) is 36.6 cm³/mol. The van der Waals surface area contributed by atoms with Crippen LogP contribution in [0.15, 0.2) is 18.2 Å². The second-order valence-corrected chi connectivity index (χ2v) is 2.09. The average Bonchev–Trinajstić information content (AvgIpc) is 1.85. The molecule has 1 nitrogen and oxygen atoms in total. The first-order valence-corrected chi connectivity index (χ1v) is 3.11. The number of rotatable bonds is 2. The van der Waals surface area contributed by atoms with E-state index in [0.717, 1.165) is 5.56 Å². The summed E-state index contributed by atoms with van der Waals surface area (Å²) in [6.07, 6.45) is 0. The predicted octanol–water partition coefficient (Wildman–Crippen LogP) is 2.40. The third kappa shape index (κ3) is 2.53. The Bertz CT molecular complexity index is 235. The van der Waals surface area contributed by atoms with Gasteiger partial charge in [-0.3, -0.25) is 0 Å². The van der Waals surface area contributed by atoms with Gasteiger partial charge < -0.3 is 4.74 Å². The second kappa shape index (κ2) is 3.32. The van der Waals surface area contributed by atoms with E-state index in [1.165, 1.54) is 12.1 Å². The normalized spacial score (nSPS) is 10.2. The minimum absolute atomic E-state index is 0.177. The molecule has 0 fully saturated rings. The van der Waals surface area contributed by atoms with Crippen molar-refractivity contribution in [1.29, 1.82) is 0 Å². The highest BCUT2D eigenvalue weighted by molar-refractivity contribution is 5.26. The molecule has 0 aromatic heterocycles. The molecule has 0 heterocycles. The van der Waals surface area contributed by atoms with Crippen LogP contribution >= 0.6 is 0 Å². The Morgan fingerprint density at radius 2 is 2.27 bits per heavy atom. The van der Waals surface area contributed by atoms with Crippen LogP contribution < -0.4 is 4.74 Å². The highest BCUT2D eigenvalue weighted by Crippen LogP contribution is 2.14. The van der Waals surface area contributed by atoms with E-state index in [4.69, 9.17) is 0 Å². The molecule has 0 aliphatic carbocycles. The van der Waals surface area contributed by atoms with Gasteiger partial charge in [-0.25, -0.2) is 0 Å². The molecule has 0 unspecified atom stereocenters. The molecule has 1 aromatic carbocycles. The van der Waals surface area contributed by atoms with Crippen molar-refractivity contribution >= 4 is 0 Å². The van der Waals surface area contributed by atoms with Gasteiger partial charge in [-0.15, -0.1) is 0 Å². The molecule has 0 bridgehead atoms. The summed E-state index contributed by atoms with van der Waals surface area (Å²) in [4.78, 5) is 0. The van der Waals surface area contributed by atoms with E-state index in [2.05, 4.69) is 10.8 Å². The lowest BCUT2D eigenvalue weighted by molar-refractivity contribution is -0.0498. The Morgan fingerprint density at radius 1 is 1.55 bits per heavy atom. The first kappa shape index (κ1) is 7.98. The number of ether oxygens (including phenoxy) is 1. The van der Waals surface area contributed by atoms with Crippen LogP contribution in [0.4, 0.5) is 8.78 Å². The van der Waals surface area contributed by atoms with Crippen molar-refractivity contribution < 1.29 is 13.5 Å². The summed E-state index contributed by atoms with van der Waals surface area (Å²) in [5.74, 6) is 0.177. The molecule has 0 aliphatic rings.